The molecule has 0 radical (unpaired) electrons. The molecule has 0 bridgehead atoms. The molecule has 3 aliphatic rings. The summed E-state index contributed by atoms with van der Waals surface area (Å²) in [7, 11) is 0. The normalized spacial score (nSPS) is 42.5. The van der Waals surface area contributed by atoms with E-state index in [-0.39, 0.29) is 0 Å². The summed E-state index contributed by atoms with van der Waals surface area (Å²) in [5, 5.41) is 0. The molecule has 0 heterocycles. The highest BCUT2D eigenvalue weighted by atomic mass is 14.4. The smallest absolute Gasteiger partial charge is 0.00139 e. The highest BCUT2D eigenvalue weighted by Crippen LogP contribution is 2.48. The van der Waals surface area contributed by atoms with Crippen molar-refractivity contribution >= 4 is 0 Å². The van der Waals surface area contributed by atoms with Crippen LogP contribution >= 0.6 is 0 Å². The van der Waals surface area contributed by atoms with Crippen LogP contribution in [0.4, 0.5) is 0 Å². The molecule has 2 saturated carbocycles. The second-order valence-corrected chi connectivity index (χ2v) is 4.90. The van der Waals surface area contributed by atoms with Gasteiger partial charge in [-0.2, -0.15) is 0 Å². The van der Waals surface area contributed by atoms with Crippen LogP contribution in [0.1, 0.15) is 38.5 Å². The van der Waals surface area contributed by atoms with Crippen LogP contribution in [0.15, 0.2) is 23.8 Å². The molecule has 0 spiro atoms. The maximum absolute atomic E-state index is 2.46. The Kier molecular flexibility index (Phi) is 1.81. The molecule has 3 atom stereocenters. The molecule has 13 heavy (non-hydrogen) atoms. The van der Waals surface area contributed by atoms with E-state index in [1.807, 2.05) is 0 Å². The Hall–Kier alpha value is -0.520. The molecule has 3 aliphatic carbocycles. The van der Waals surface area contributed by atoms with E-state index in [4.69, 9.17) is 0 Å². The second-order valence-electron chi connectivity index (χ2n) is 4.90. The van der Waals surface area contributed by atoms with E-state index in [0.717, 1.165) is 17.8 Å². The Morgan fingerprint density at radius 2 is 2.00 bits per heavy atom. The topological polar surface area (TPSA) is 0 Å². The third-order valence-electron chi connectivity index (χ3n) is 4.29. The lowest BCUT2D eigenvalue weighted by Crippen LogP contribution is -2.30. The predicted octanol–water partition coefficient (Wildman–Crippen LogP) is 3.70. The summed E-state index contributed by atoms with van der Waals surface area (Å²) in [6.45, 7) is 0. The van der Waals surface area contributed by atoms with Crippen molar-refractivity contribution in [3.63, 3.8) is 0 Å². The van der Waals surface area contributed by atoms with Gasteiger partial charge < -0.3 is 0 Å². The highest BCUT2D eigenvalue weighted by molar-refractivity contribution is 5.30. The zero-order chi connectivity index (χ0) is 8.67. The zero-order valence-electron chi connectivity index (χ0n) is 8.21. The SMILES string of the molecule is C1=CC2C(=C1)CCC1CCCCC12. The summed E-state index contributed by atoms with van der Waals surface area (Å²) >= 11 is 0. The van der Waals surface area contributed by atoms with Crippen molar-refractivity contribution in [2.24, 2.45) is 17.8 Å². The first-order valence-electron chi connectivity index (χ1n) is 5.82. The lowest BCUT2D eigenvalue weighted by atomic mass is 9.64. The average Bonchev–Trinajstić information content (AvgIpc) is 2.65. The van der Waals surface area contributed by atoms with Gasteiger partial charge in [0.2, 0.25) is 0 Å². The Morgan fingerprint density at radius 3 is 3.00 bits per heavy atom. The molecule has 0 amide bonds. The fourth-order valence-corrected chi connectivity index (χ4v) is 3.62. The standard InChI is InChI=1S/C13H18/c1-2-6-12-10(4-1)8-9-11-5-3-7-13(11)12/h3,5,7,10,12-13H,1-2,4,6,8-9H2. The van der Waals surface area contributed by atoms with Crippen LogP contribution in [0.25, 0.3) is 0 Å². The van der Waals surface area contributed by atoms with Gasteiger partial charge in [-0.15, -0.1) is 0 Å². The van der Waals surface area contributed by atoms with Crippen molar-refractivity contribution < 1.29 is 0 Å². The molecule has 0 heteroatoms. The van der Waals surface area contributed by atoms with Crippen LogP contribution in [-0.4, -0.2) is 0 Å². The summed E-state index contributed by atoms with van der Waals surface area (Å²) < 4.78 is 0. The summed E-state index contributed by atoms with van der Waals surface area (Å²) in [5.41, 5.74) is 1.74. The van der Waals surface area contributed by atoms with Crippen molar-refractivity contribution in [3.8, 4) is 0 Å². The van der Waals surface area contributed by atoms with Gasteiger partial charge in [0.05, 0.1) is 0 Å². The largest absolute Gasteiger partial charge is 0.0770 e. The number of rotatable bonds is 0. The fraction of sp³-hybridized carbons (Fsp3) is 0.692. The van der Waals surface area contributed by atoms with E-state index >= 15 is 0 Å². The maximum atomic E-state index is 2.46. The quantitative estimate of drug-likeness (QED) is 0.525. The molecule has 0 aromatic rings. The number of allylic oxidation sites excluding steroid dienone is 4. The Morgan fingerprint density at radius 1 is 1.08 bits per heavy atom. The molecule has 0 aromatic carbocycles. The summed E-state index contributed by atoms with van der Waals surface area (Å²) in [5.74, 6) is 2.95. The minimum Gasteiger partial charge on any atom is -0.0770 e. The Labute approximate surface area is 80.7 Å². The minimum absolute atomic E-state index is 0.860. The maximum Gasteiger partial charge on any atom is 0.00139 e. The van der Waals surface area contributed by atoms with Gasteiger partial charge in [-0.05, 0) is 31.1 Å². The van der Waals surface area contributed by atoms with E-state index in [2.05, 4.69) is 18.2 Å². The summed E-state index contributed by atoms with van der Waals surface area (Å²) in [6, 6.07) is 0. The molecule has 2 fully saturated rings. The lowest BCUT2D eigenvalue weighted by molar-refractivity contribution is 0.166. The van der Waals surface area contributed by atoms with E-state index in [9.17, 15) is 0 Å². The van der Waals surface area contributed by atoms with Crippen molar-refractivity contribution in [2.45, 2.75) is 38.5 Å². The monoisotopic (exact) mass is 174 g/mol. The molecule has 0 N–H and O–H groups in total. The molecular weight excluding hydrogens is 156 g/mol. The van der Waals surface area contributed by atoms with Gasteiger partial charge in [0.1, 0.15) is 0 Å². The fourth-order valence-electron chi connectivity index (χ4n) is 3.62. The van der Waals surface area contributed by atoms with E-state index < -0.39 is 0 Å². The van der Waals surface area contributed by atoms with Gasteiger partial charge in [0.25, 0.3) is 0 Å². The van der Waals surface area contributed by atoms with Gasteiger partial charge in [-0.1, -0.05) is 43.1 Å². The van der Waals surface area contributed by atoms with Crippen molar-refractivity contribution in [2.75, 3.05) is 0 Å². The van der Waals surface area contributed by atoms with Crippen molar-refractivity contribution in [1.29, 1.82) is 0 Å². The van der Waals surface area contributed by atoms with Crippen LogP contribution in [-0.2, 0) is 0 Å². The first kappa shape index (κ1) is 7.84. The van der Waals surface area contributed by atoms with Gasteiger partial charge in [-0.3, -0.25) is 0 Å². The van der Waals surface area contributed by atoms with Crippen molar-refractivity contribution in [3.05, 3.63) is 23.8 Å². The predicted molar refractivity (Wildman–Crippen MR) is 55.4 cm³/mol. The molecule has 3 unspecified atom stereocenters. The summed E-state index contributed by atoms with van der Waals surface area (Å²) in [4.78, 5) is 0. The van der Waals surface area contributed by atoms with E-state index in [1.165, 1.54) is 38.5 Å². The molecule has 0 aromatic heterocycles. The lowest BCUT2D eigenvalue weighted by Gasteiger charge is -2.40. The molecule has 0 saturated heterocycles. The first-order valence-corrected chi connectivity index (χ1v) is 5.82. The number of hydrogen-bond donors (Lipinski definition) is 0. The van der Waals surface area contributed by atoms with Crippen LogP contribution in [0.3, 0.4) is 0 Å². The molecule has 70 valence electrons. The van der Waals surface area contributed by atoms with Crippen molar-refractivity contribution in [1.82, 2.24) is 0 Å². The second kappa shape index (κ2) is 3.01. The third kappa shape index (κ3) is 1.19. The van der Waals surface area contributed by atoms with Crippen LogP contribution in [0, 0.1) is 17.8 Å². The minimum atomic E-state index is 0.860. The molecule has 0 nitrogen and oxygen atoms in total. The Bertz CT molecular complexity index is 259. The van der Waals surface area contributed by atoms with Gasteiger partial charge >= 0.3 is 0 Å². The third-order valence-corrected chi connectivity index (χ3v) is 4.29. The molecule has 3 rings (SSSR count). The van der Waals surface area contributed by atoms with E-state index in [1.54, 1.807) is 5.57 Å². The average molecular weight is 174 g/mol. The van der Waals surface area contributed by atoms with Crippen LogP contribution in [0.5, 0.6) is 0 Å². The zero-order valence-corrected chi connectivity index (χ0v) is 8.21. The van der Waals surface area contributed by atoms with Gasteiger partial charge in [0, 0.05) is 5.92 Å². The molecular formula is C13H18. The number of hydrogen-bond acceptors (Lipinski definition) is 0. The molecule has 0 aliphatic heterocycles. The van der Waals surface area contributed by atoms with Gasteiger partial charge in [0.15, 0.2) is 0 Å². The van der Waals surface area contributed by atoms with Crippen LogP contribution in [0.2, 0.25) is 0 Å². The van der Waals surface area contributed by atoms with E-state index in [0.29, 0.717) is 0 Å². The number of fused-ring (bicyclic) bond motifs is 3. The summed E-state index contributed by atoms with van der Waals surface area (Å²) in [6.07, 6.45) is 16.0. The van der Waals surface area contributed by atoms with Gasteiger partial charge in [-0.25, -0.2) is 0 Å². The first-order chi connectivity index (χ1) is 6.45. The highest BCUT2D eigenvalue weighted by Gasteiger charge is 2.36. The van der Waals surface area contributed by atoms with Crippen LogP contribution < -0.4 is 0 Å². The Balaban J connectivity index is 1.85.